The number of nitrogens with two attached hydrogens (primary N) is 1. The highest BCUT2D eigenvalue weighted by atomic mass is 35.5. The summed E-state index contributed by atoms with van der Waals surface area (Å²) in [5.74, 6) is -0.187. The molecule has 0 fully saturated rings. The number of carbonyl (C=O) groups is 1. The van der Waals surface area contributed by atoms with Crippen LogP contribution in [0, 0.1) is 11.3 Å². The fraction of sp³-hybridized carbons (Fsp3) is 0.200. The van der Waals surface area contributed by atoms with E-state index < -0.39 is 5.38 Å². The van der Waals surface area contributed by atoms with E-state index in [0.29, 0.717) is 16.8 Å². The second-order valence-electron chi connectivity index (χ2n) is 2.93. The Bertz CT molecular complexity index is 409. The number of hydrogen-bond donors (Lipinski definition) is 1. The van der Waals surface area contributed by atoms with Crippen LogP contribution in [0.25, 0.3) is 0 Å². The Kier molecular flexibility index (Phi) is 3.10. The summed E-state index contributed by atoms with van der Waals surface area (Å²) in [7, 11) is 0. The Morgan fingerprint density at radius 3 is 2.79 bits per heavy atom. The summed E-state index contributed by atoms with van der Waals surface area (Å²) >= 11 is 5.84. The molecule has 4 heteroatoms. The van der Waals surface area contributed by atoms with Gasteiger partial charge in [0.05, 0.1) is 11.6 Å². The second kappa shape index (κ2) is 4.12. The summed E-state index contributed by atoms with van der Waals surface area (Å²) in [5.41, 5.74) is 7.01. The Hall–Kier alpha value is -1.53. The number of nitriles is 1. The first-order valence-corrected chi connectivity index (χ1v) is 4.44. The minimum Gasteiger partial charge on any atom is -0.398 e. The molecule has 14 heavy (non-hydrogen) atoms. The first kappa shape index (κ1) is 10.6. The molecular formula is C10H9ClN2O. The standard InChI is InChI=1S/C10H9ClN2O/c1-6(14)10(11)8-4-7(5-12)2-3-9(8)13/h2-4,10H,13H2,1H3. The summed E-state index contributed by atoms with van der Waals surface area (Å²) in [6, 6.07) is 6.66. The molecule has 0 amide bonds. The van der Waals surface area contributed by atoms with Crippen molar-refractivity contribution in [3.63, 3.8) is 0 Å². The van der Waals surface area contributed by atoms with Crippen LogP contribution in [0.4, 0.5) is 5.69 Å². The average molecular weight is 209 g/mol. The smallest absolute Gasteiger partial charge is 0.152 e. The van der Waals surface area contributed by atoms with Crippen LogP contribution < -0.4 is 5.73 Å². The molecule has 1 atom stereocenters. The molecule has 1 aromatic rings. The maximum Gasteiger partial charge on any atom is 0.152 e. The molecule has 72 valence electrons. The van der Waals surface area contributed by atoms with E-state index in [9.17, 15) is 4.79 Å². The molecule has 0 radical (unpaired) electrons. The van der Waals surface area contributed by atoms with Crippen molar-refractivity contribution in [1.82, 2.24) is 0 Å². The molecule has 1 rings (SSSR count). The van der Waals surface area contributed by atoms with E-state index in [-0.39, 0.29) is 5.78 Å². The first-order chi connectivity index (χ1) is 6.56. The highest BCUT2D eigenvalue weighted by molar-refractivity contribution is 6.31. The zero-order valence-electron chi connectivity index (χ0n) is 7.62. The number of Topliss-reactive ketones (excluding diaryl/α,β-unsaturated/α-hetero) is 1. The van der Waals surface area contributed by atoms with Crippen molar-refractivity contribution in [2.75, 3.05) is 5.73 Å². The van der Waals surface area contributed by atoms with Gasteiger partial charge in [-0.25, -0.2) is 0 Å². The van der Waals surface area contributed by atoms with Crippen LogP contribution in [0.2, 0.25) is 0 Å². The quantitative estimate of drug-likeness (QED) is 0.597. The highest BCUT2D eigenvalue weighted by Gasteiger charge is 2.16. The van der Waals surface area contributed by atoms with Gasteiger partial charge in [0.15, 0.2) is 5.78 Å². The number of nitrogens with zero attached hydrogens (tertiary/aromatic N) is 1. The number of benzene rings is 1. The van der Waals surface area contributed by atoms with Gasteiger partial charge in [-0.15, -0.1) is 11.6 Å². The van der Waals surface area contributed by atoms with E-state index in [0.717, 1.165) is 0 Å². The van der Waals surface area contributed by atoms with Gasteiger partial charge in [-0.3, -0.25) is 4.79 Å². The fourth-order valence-electron chi connectivity index (χ4n) is 1.08. The topological polar surface area (TPSA) is 66.9 Å². The number of alkyl halides is 1. The van der Waals surface area contributed by atoms with Crippen LogP contribution in [0.5, 0.6) is 0 Å². The van der Waals surface area contributed by atoms with Gasteiger partial charge in [0.1, 0.15) is 5.38 Å². The molecule has 0 saturated heterocycles. The molecule has 0 heterocycles. The van der Waals surface area contributed by atoms with Gasteiger partial charge in [0.2, 0.25) is 0 Å². The molecule has 1 aromatic carbocycles. The molecule has 0 spiro atoms. The van der Waals surface area contributed by atoms with Crippen LogP contribution in [0.3, 0.4) is 0 Å². The van der Waals surface area contributed by atoms with Gasteiger partial charge in [0, 0.05) is 11.3 Å². The summed E-state index contributed by atoms with van der Waals surface area (Å²) in [6.07, 6.45) is 0. The van der Waals surface area contributed by atoms with Crippen LogP contribution in [-0.4, -0.2) is 5.78 Å². The number of anilines is 1. The van der Waals surface area contributed by atoms with Crippen molar-refractivity contribution < 1.29 is 4.79 Å². The van der Waals surface area contributed by atoms with Gasteiger partial charge in [0.25, 0.3) is 0 Å². The summed E-state index contributed by atoms with van der Waals surface area (Å²) in [5, 5.41) is 7.88. The lowest BCUT2D eigenvalue weighted by molar-refractivity contribution is -0.116. The number of rotatable bonds is 2. The molecule has 0 aliphatic rings. The Morgan fingerprint density at radius 2 is 2.29 bits per heavy atom. The molecule has 0 aliphatic carbocycles. The molecule has 3 nitrogen and oxygen atoms in total. The Morgan fingerprint density at radius 1 is 1.64 bits per heavy atom. The van der Waals surface area contributed by atoms with Crippen molar-refractivity contribution in [2.24, 2.45) is 0 Å². The van der Waals surface area contributed by atoms with Crippen molar-refractivity contribution in [3.05, 3.63) is 29.3 Å². The molecular weight excluding hydrogens is 200 g/mol. The van der Waals surface area contributed by atoms with Crippen LogP contribution >= 0.6 is 11.6 Å². The largest absolute Gasteiger partial charge is 0.398 e. The zero-order chi connectivity index (χ0) is 10.7. The number of hydrogen-bond acceptors (Lipinski definition) is 3. The summed E-state index contributed by atoms with van der Waals surface area (Å²) in [4.78, 5) is 11.0. The minimum absolute atomic E-state index is 0.187. The monoisotopic (exact) mass is 208 g/mol. The maximum absolute atomic E-state index is 11.0. The van der Waals surface area contributed by atoms with Gasteiger partial charge < -0.3 is 5.73 Å². The average Bonchev–Trinajstić information content (AvgIpc) is 2.17. The number of nitrogen functional groups attached to an aromatic ring is 1. The van der Waals surface area contributed by atoms with Gasteiger partial charge in [-0.1, -0.05) is 0 Å². The van der Waals surface area contributed by atoms with Gasteiger partial charge >= 0.3 is 0 Å². The van der Waals surface area contributed by atoms with E-state index in [1.54, 1.807) is 12.1 Å². The van der Waals surface area contributed by atoms with E-state index in [4.69, 9.17) is 22.6 Å². The third-order valence-electron chi connectivity index (χ3n) is 1.85. The lowest BCUT2D eigenvalue weighted by Crippen LogP contribution is -2.05. The maximum atomic E-state index is 11.0. The zero-order valence-corrected chi connectivity index (χ0v) is 8.38. The Balaban J connectivity index is 3.20. The lowest BCUT2D eigenvalue weighted by atomic mass is 10.0. The van der Waals surface area contributed by atoms with Crippen LogP contribution in [-0.2, 0) is 4.79 Å². The highest BCUT2D eigenvalue weighted by Crippen LogP contribution is 2.27. The van der Waals surface area contributed by atoms with Gasteiger partial charge in [-0.05, 0) is 25.1 Å². The SMILES string of the molecule is CC(=O)C(Cl)c1cc(C#N)ccc1N. The van der Waals surface area contributed by atoms with Crippen molar-refractivity contribution in [3.8, 4) is 6.07 Å². The predicted molar refractivity (Wildman–Crippen MR) is 54.8 cm³/mol. The van der Waals surface area contributed by atoms with E-state index in [2.05, 4.69) is 0 Å². The fourth-order valence-corrected chi connectivity index (χ4v) is 1.27. The normalized spacial score (nSPS) is 11.8. The van der Waals surface area contributed by atoms with Crippen molar-refractivity contribution >= 4 is 23.1 Å². The number of carbonyl (C=O) groups excluding carboxylic acids is 1. The molecule has 0 aromatic heterocycles. The molecule has 0 aliphatic heterocycles. The summed E-state index contributed by atoms with van der Waals surface area (Å²) < 4.78 is 0. The Labute approximate surface area is 87.1 Å². The first-order valence-electron chi connectivity index (χ1n) is 4.00. The second-order valence-corrected chi connectivity index (χ2v) is 3.37. The molecule has 1 unspecified atom stereocenters. The van der Waals surface area contributed by atoms with Crippen LogP contribution in [0.15, 0.2) is 18.2 Å². The molecule has 0 bridgehead atoms. The van der Waals surface area contributed by atoms with E-state index in [1.165, 1.54) is 13.0 Å². The molecule has 2 N–H and O–H groups in total. The lowest BCUT2D eigenvalue weighted by Gasteiger charge is -2.09. The van der Waals surface area contributed by atoms with Gasteiger partial charge in [-0.2, -0.15) is 5.26 Å². The predicted octanol–water partition coefficient (Wildman–Crippen LogP) is 2.01. The van der Waals surface area contributed by atoms with Crippen LogP contribution in [0.1, 0.15) is 23.4 Å². The summed E-state index contributed by atoms with van der Waals surface area (Å²) in [6.45, 7) is 1.39. The van der Waals surface area contributed by atoms with Crippen molar-refractivity contribution in [1.29, 1.82) is 5.26 Å². The third kappa shape index (κ3) is 2.04. The number of ketones is 1. The number of halogens is 1. The molecule has 0 saturated carbocycles. The van der Waals surface area contributed by atoms with E-state index in [1.807, 2.05) is 6.07 Å². The van der Waals surface area contributed by atoms with Crippen molar-refractivity contribution in [2.45, 2.75) is 12.3 Å². The minimum atomic E-state index is -0.775. The third-order valence-corrected chi connectivity index (χ3v) is 2.39. The van der Waals surface area contributed by atoms with E-state index >= 15 is 0 Å².